The second-order valence-corrected chi connectivity index (χ2v) is 10.6. The summed E-state index contributed by atoms with van der Waals surface area (Å²) in [6.45, 7) is 7.63. The molecule has 3 aromatic rings. The van der Waals surface area contributed by atoms with Crippen LogP contribution in [-0.4, -0.2) is 56.3 Å². The van der Waals surface area contributed by atoms with E-state index in [-0.39, 0.29) is 23.1 Å². The van der Waals surface area contributed by atoms with Crippen LogP contribution in [0.4, 0.5) is 0 Å². The molecule has 182 valence electrons. The van der Waals surface area contributed by atoms with Crippen LogP contribution in [0.25, 0.3) is 21.5 Å². The van der Waals surface area contributed by atoms with Crippen LogP contribution in [0.1, 0.15) is 31.7 Å². The molecule has 1 aliphatic carbocycles. The second-order valence-electron chi connectivity index (χ2n) is 10.6. The van der Waals surface area contributed by atoms with Gasteiger partial charge in [0.05, 0.1) is 19.8 Å². The van der Waals surface area contributed by atoms with Crippen LogP contribution in [-0.2, 0) is 20.8 Å². The van der Waals surface area contributed by atoms with Crippen LogP contribution in [0.15, 0.2) is 54.6 Å². The fourth-order valence-corrected chi connectivity index (χ4v) is 7.81. The topological polar surface area (TPSA) is 27.7 Å². The maximum atomic E-state index is 6.43. The van der Waals surface area contributed by atoms with Gasteiger partial charge in [0.15, 0.2) is 0 Å². The highest BCUT2D eigenvalue weighted by atomic mass is 79.9. The summed E-state index contributed by atoms with van der Waals surface area (Å²) in [5.41, 5.74) is 1.82. The zero-order chi connectivity index (χ0) is 22.5. The van der Waals surface area contributed by atoms with Crippen molar-refractivity contribution in [3.8, 4) is 0 Å². The molecule has 1 saturated carbocycles. The quantitative estimate of drug-likeness (QED) is 0.196. The third kappa shape index (κ3) is 3.63. The lowest BCUT2D eigenvalue weighted by Crippen LogP contribution is -3.00. The molecule has 0 spiro atoms. The zero-order valence-electron chi connectivity index (χ0n) is 20.3. The van der Waals surface area contributed by atoms with Crippen LogP contribution in [0.3, 0.4) is 0 Å². The molecule has 0 bridgehead atoms. The lowest BCUT2D eigenvalue weighted by atomic mass is 9.82. The molecule has 5 atom stereocenters. The fraction of sp³-hybridized carbons (Fsp3) is 0.517. The molecule has 0 aromatic heterocycles. The predicted octanol–water partition coefficient (Wildman–Crippen LogP) is 2.52. The summed E-state index contributed by atoms with van der Waals surface area (Å²) in [7, 11) is 1.71. The summed E-state index contributed by atoms with van der Waals surface area (Å²) in [6, 6.07) is 20.3. The van der Waals surface area contributed by atoms with Crippen LogP contribution in [0, 0.1) is 11.8 Å². The number of methoxy groups -OCH3 is 1. The minimum absolute atomic E-state index is 0. The van der Waals surface area contributed by atoms with Crippen molar-refractivity contribution in [3.05, 3.63) is 60.2 Å². The minimum Gasteiger partial charge on any atom is -1.00 e. The van der Waals surface area contributed by atoms with Crippen LogP contribution < -0.4 is 17.0 Å². The molecule has 3 aliphatic rings. The average Bonchev–Trinajstić information content (AvgIpc) is 3.41. The summed E-state index contributed by atoms with van der Waals surface area (Å²) in [5.74, 6) is 1.43. The second kappa shape index (κ2) is 9.51. The Morgan fingerprint density at radius 1 is 0.941 bits per heavy atom. The number of ether oxygens (including phenoxy) is 3. The summed E-state index contributed by atoms with van der Waals surface area (Å²) in [4.78, 5) is 0. The van der Waals surface area contributed by atoms with E-state index in [9.17, 15) is 0 Å². The third-order valence-corrected chi connectivity index (χ3v) is 9.45. The summed E-state index contributed by atoms with van der Waals surface area (Å²) in [5, 5.41) is 5.54. The van der Waals surface area contributed by atoms with Gasteiger partial charge in [-0.15, -0.1) is 0 Å². The summed E-state index contributed by atoms with van der Waals surface area (Å²) < 4.78 is 18.4. The van der Waals surface area contributed by atoms with Gasteiger partial charge in [0.1, 0.15) is 31.5 Å². The van der Waals surface area contributed by atoms with Crippen molar-refractivity contribution in [2.45, 2.75) is 44.4 Å². The van der Waals surface area contributed by atoms with Gasteiger partial charge in [0.2, 0.25) is 0 Å². The van der Waals surface area contributed by atoms with Gasteiger partial charge >= 0.3 is 0 Å². The lowest BCUT2D eigenvalue weighted by molar-refractivity contribution is -0.965. The van der Waals surface area contributed by atoms with E-state index in [1.165, 1.54) is 57.4 Å². The Balaban J connectivity index is 0.00000241. The number of rotatable bonds is 8. The van der Waals surface area contributed by atoms with Crippen molar-refractivity contribution in [3.63, 3.8) is 0 Å². The zero-order valence-corrected chi connectivity index (χ0v) is 21.9. The summed E-state index contributed by atoms with van der Waals surface area (Å²) in [6.07, 6.45) is 4.28. The standard InChI is InChI=1S/C29H36NO3.BrH/c1-29-23-11-12-27(29)28(33-20-32-16-15-31-2)19-30(29,14-13-23)18-26-24-9-5-3-7-21(24)17-22-8-4-6-10-25(22)26;/h3-10,17,23,27-28H,11-16,18-20H2,1-2H3;1H/q+1;/p-1/t23-,27+,28+,29+,30+;/m0./s1. The molecule has 0 amide bonds. The van der Waals surface area contributed by atoms with Crippen molar-refractivity contribution in [2.75, 3.05) is 40.2 Å². The van der Waals surface area contributed by atoms with Gasteiger partial charge in [-0.2, -0.15) is 0 Å². The largest absolute Gasteiger partial charge is 1.00 e. The lowest BCUT2D eigenvalue weighted by Gasteiger charge is -2.44. The Morgan fingerprint density at radius 3 is 2.35 bits per heavy atom. The van der Waals surface area contributed by atoms with E-state index < -0.39 is 0 Å². The van der Waals surface area contributed by atoms with E-state index >= 15 is 0 Å². The molecule has 0 radical (unpaired) electrons. The molecular formula is C29H36BrNO3. The number of hydrogen-bond donors (Lipinski definition) is 0. The Labute approximate surface area is 213 Å². The smallest absolute Gasteiger partial charge is 0.147 e. The predicted molar refractivity (Wildman–Crippen MR) is 132 cm³/mol. The van der Waals surface area contributed by atoms with E-state index in [0.29, 0.717) is 31.5 Å². The van der Waals surface area contributed by atoms with Crippen molar-refractivity contribution in [1.29, 1.82) is 0 Å². The summed E-state index contributed by atoms with van der Waals surface area (Å²) >= 11 is 0. The first-order valence-electron chi connectivity index (χ1n) is 12.6. The van der Waals surface area contributed by atoms with Gasteiger partial charge in [0, 0.05) is 30.9 Å². The van der Waals surface area contributed by atoms with Crippen LogP contribution in [0.5, 0.6) is 0 Å². The Bertz CT molecular complexity index is 1110. The molecule has 6 rings (SSSR count). The fourth-order valence-electron chi connectivity index (χ4n) is 7.81. The number of benzene rings is 3. The Hall–Kier alpha value is -1.50. The number of hydrogen-bond acceptors (Lipinski definition) is 3. The van der Waals surface area contributed by atoms with Crippen molar-refractivity contribution in [1.82, 2.24) is 0 Å². The molecule has 3 fully saturated rings. The van der Waals surface area contributed by atoms with Crippen molar-refractivity contribution < 1.29 is 35.7 Å². The first-order valence-corrected chi connectivity index (χ1v) is 12.6. The molecular weight excluding hydrogens is 490 g/mol. The van der Waals surface area contributed by atoms with E-state index in [1.807, 2.05) is 0 Å². The van der Waals surface area contributed by atoms with E-state index in [4.69, 9.17) is 14.2 Å². The Kier molecular flexibility index (Phi) is 6.77. The molecule has 3 aromatic carbocycles. The normalized spacial score (nSPS) is 31.8. The van der Waals surface area contributed by atoms with Crippen LogP contribution >= 0.6 is 0 Å². The number of fused-ring (bicyclic) bond motifs is 2. The van der Waals surface area contributed by atoms with E-state index in [0.717, 1.165) is 19.0 Å². The first kappa shape index (κ1) is 24.2. The first-order chi connectivity index (χ1) is 16.2. The number of halogens is 1. The van der Waals surface area contributed by atoms with Gasteiger partial charge in [0.25, 0.3) is 0 Å². The monoisotopic (exact) mass is 525 g/mol. The third-order valence-electron chi connectivity index (χ3n) is 9.45. The maximum Gasteiger partial charge on any atom is 0.147 e. The molecule has 0 N–H and O–H groups in total. The highest BCUT2D eigenvalue weighted by molar-refractivity contribution is 6.02. The maximum absolute atomic E-state index is 6.43. The molecule has 2 aliphatic heterocycles. The van der Waals surface area contributed by atoms with Gasteiger partial charge in [-0.3, -0.25) is 0 Å². The van der Waals surface area contributed by atoms with Crippen LogP contribution in [0.2, 0.25) is 0 Å². The van der Waals surface area contributed by atoms with Gasteiger partial charge in [-0.1, -0.05) is 48.5 Å². The van der Waals surface area contributed by atoms with Gasteiger partial charge in [-0.25, -0.2) is 0 Å². The molecule has 2 heterocycles. The van der Waals surface area contributed by atoms with Crippen molar-refractivity contribution in [2.24, 2.45) is 11.8 Å². The number of nitrogens with zero attached hydrogens (tertiary/aromatic N) is 1. The average molecular weight is 527 g/mol. The minimum atomic E-state index is 0. The van der Waals surface area contributed by atoms with E-state index in [2.05, 4.69) is 61.5 Å². The molecule has 4 nitrogen and oxygen atoms in total. The highest BCUT2D eigenvalue weighted by Gasteiger charge is 2.71. The molecule has 2 saturated heterocycles. The van der Waals surface area contributed by atoms with Gasteiger partial charge < -0.3 is 35.7 Å². The SMILES string of the molecule is COCCOCO[C@@H]1C[N@+]2(Cc3c4ccccc4cc4ccccc34)CC[C@@H]3CC[C@H]1[C@@]32C.[Br-]. The molecule has 0 unspecified atom stereocenters. The molecule has 34 heavy (non-hydrogen) atoms. The molecule has 5 heteroatoms. The highest BCUT2D eigenvalue weighted by Crippen LogP contribution is 2.61. The number of quaternary nitrogens is 1. The van der Waals surface area contributed by atoms with E-state index in [1.54, 1.807) is 7.11 Å². The van der Waals surface area contributed by atoms with Gasteiger partial charge in [-0.05, 0) is 47.4 Å². The van der Waals surface area contributed by atoms with Crippen molar-refractivity contribution >= 4 is 21.5 Å². The Morgan fingerprint density at radius 2 is 1.65 bits per heavy atom.